The van der Waals surface area contributed by atoms with E-state index in [-0.39, 0.29) is 17.7 Å². The summed E-state index contributed by atoms with van der Waals surface area (Å²) in [7, 11) is 1.68. The van der Waals surface area contributed by atoms with Gasteiger partial charge in [0.15, 0.2) is 0 Å². The molecule has 1 aliphatic heterocycles. The molecule has 6 heteroatoms. The third-order valence-corrected chi connectivity index (χ3v) is 4.74. The molecule has 1 aliphatic rings. The number of hydrogen-bond acceptors (Lipinski definition) is 4. The standard InChI is InChI=1S/C22H24N2O4/c1-3-4-12-24-21(26)18-11-10-16(15-19(18)22(24)27)20(25)23(2)13-14-28-17-8-6-5-7-9-17/h5-11,15H,3-4,12-14H2,1-2H3. The van der Waals surface area contributed by atoms with E-state index in [0.717, 1.165) is 18.6 Å². The molecule has 0 radical (unpaired) electrons. The largest absolute Gasteiger partial charge is 0.492 e. The summed E-state index contributed by atoms with van der Waals surface area (Å²) in [6.45, 7) is 3.18. The summed E-state index contributed by atoms with van der Waals surface area (Å²) in [5.74, 6) is -0.0703. The van der Waals surface area contributed by atoms with Crippen molar-refractivity contribution in [3.05, 3.63) is 65.2 Å². The van der Waals surface area contributed by atoms with E-state index in [4.69, 9.17) is 4.74 Å². The van der Waals surface area contributed by atoms with E-state index in [1.165, 1.54) is 11.0 Å². The van der Waals surface area contributed by atoms with Crippen molar-refractivity contribution in [1.29, 1.82) is 0 Å². The molecule has 0 saturated heterocycles. The van der Waals surface area contributed by atoms with Crippen LogP contribution in [0.3, 0.4) is 0 Å². The van der Waals surface area contributed by atoms with Gasteiger partial charge in [0.25, 0.3) is 17.7 Å². The minimum absolute atomic E-state index is 0.216. The number of carbonyl (C=O) groups is 3. The number of carbonyl (C=O) groups excluding carboxylic acids is 3. The first-order valence-electron chi connectivity index (χ1n) is 9.46. The minimum Gasteiger partial charge on any atom is -0.492 e. The molecule has 2 aromatic carbocycles. The summed E-state index contributed by atoms with van der Waals surface area (Å²) < 4.78 is 5.62. The summed E-state index contributed by atoms with van der Waals surface area (Å²) in [4.78, 5) is 40.4. The second kappa shape index (κ2) is 8.69. The number of unbranched alkanes of at least 4 members (excludes halogenated alkanes) is 1. The molecule has 6 nitrogen and oxygen atoms in total. The average Bonchev–Trinajstić information content (AvgIpc) is 2.96. The van der Waals surface area contributed by atoms with Crippen molar-refractivity contribution < 1.29 is 19.1 Å². The number of amides is 3. The number of fused-ring (bicyclic) bond motifs is 1. The van der Waals surface area contributed by atoms with E-state index in [1.54, 1.807) is 24.1 Å². The molecule has 0 aromatic heterocycles. The van der Waals surface area contributed by atoms with Crippen LogP contribution in [0, 0.1) is 0 Å². The maximum absolute atomic E-state index is 12.7. The Balaban J connectivity index is 1.64. The van der Waals surface area contributed by atoms with Gasteiger partial charge in [-0.05, 0) is 36.8 Å². The van der Waals surface area contributed by atoms with Crippen molar-refractivity contribution >= 4 is 17.7 Å². The summed E-state index contributed by atoms with van der Waals surface area (Å²) in [5.41, 5.74) is 1.06. The highest BCUT2D eigenvalue weighted by Crippen LogP contribution is 2.25. The lowest BCUT2D eigenvalue weighted by Crippen LogP contribution is -2.31. The Morgan fingerprint density at radius 1 is 1.04 bits per heavy atom. The third kappa shape index (κ3) is 4.06. The van der Waals surface area contributed by atoms with Crippen LogP contribution in [-0.2, 0) is 0 Å². The van der Waals surface area contributed by atoms with Crippen molar-refractivity contribution in [1.82, 2.24) is 9.80 Å². The van der Waals surface area contributed by atoms with Gasteiger partial charge in [0, 0.05) is 19.2 Å². The van der Waals surface area contributed by atoms with Gasteiger partial charge in [-0.25, -0.2) is 0 Å². The predicted octanol–water partition coefficient (Wildman–Crippen LogP) is 3.23. The van der Waals surface area contributed by atoms with Crippen molar-refractivity contribution in [3.63, 3.8) is 0 Å². The highest BCUT2D eigenvalue weighted by molar-refractivity contribution is 6.22. The number of benzene rings is 2. The van der Waals surface area contributed by atoms with Gasteiger partial charge < -0.3 is 9.64 Å². The van der Waals surface area contributed by atoms with Crippen LogP contribution >= 0.6 is 0 Å². The molecule has 3 rings (SSSR count). The van der Waals surface area contributed by atoms with Crippen LogP contribution in [0.25, 0.3) is 0 Å². The summed E-state index contributed by atoms with van der Waals surface area (Å²) in [6.07, 6.45) is 1.66. The number of nitrogens with zero attached hydrogens (tertiary/aromatic N) is 2. The molecule has 2 aromatic rings. The molecular weight excluding hydrogens is 356 g/mol. The SMILES string of the molecule is CCCCN1C(=O)c2ccc(C(=O)N(C)CCOc3ccccc3)cc2C1=O. The van der Waals surface area contributed by atoms with Crippen LogP contribution < -0.4 is 4.74 Å². The number of imide groups is 1. The van der Waals surface area contributed by atoms with Crippen LogP contribution in [0.5, 0.6) is 5.75 Å². The monoisotopic (exact) mass is 380 g/mol. The quantitative estimate of drug-likeness (QED) is 0.660. The Kier molecular flexibility index (Phi) is 6.09. The Morgan fingerprint density at radius 3 is 2.46 bits per heavy atom. The van der Waals surface area contributed by atoms with Crippen molar-refractivity contribution in [3.8, 4) is 5.75 Å². The first kappa shape index (κ1) is 19.6. The van der Waals surface area contributed by atoms with Gasteiger partial charge in [0.05, 0.1) is 17.7 Å². The molecule has 146 valence electrons. The second-order valence-corrected chi connectivity index (χ2v) is 6.76. The zero-order valence-electron chi connectivity index (χ0n) is 16.2. The van der Waals surface area contributed by atoms with Gasteiger partial charge in [-0.3, -0.25) is 19.3 Å². The minimum atomic E-state index is -0.321. The number of likely N-dealkylation sites (N-methyl/N-ethyl adjacent to an activating group) is 1. The van der Waals surface area contributed by atoms with E-state index < -0.39 is 0 Å². The fraction of sp³-hybridized carbons (Fsp3) is 0.318. The molecule has 0 unspecified atom stereocenters. The molecule has 0 spiro atoms. The lowest BCUT2D eigenvalue weighted by molar-refractivity contribution is 0.0652. The Bertz CT molecular complexity index is 879. The fourth-order valence-electron chi connectivity index (χ4n) is 3.08. The van der Waals surface area contributed by atoms with E-state index in [9.17, 15) is 14.4 Å². The molecule has 0 N–H and O–H groups in total. The highest BCUT2D eigenvalue weighted by atomic mass is 16.5. The zero-order valence-corrected chi connectivity index (χ0v) is 16.2. The number of para-hydroxylation sites is 1. The van der Waals surface area contributed by atoms with Crippen LogP contribution in [0.2, 0.25) is 0 Å². The fourth-order valence-corrected chi connectivity index (χ4v) is 3.08. The van der Waals surface area contributed by atoms with Gasteiger partial charge in [-0.2, -0.15) is 0 Å². The molecule has 0 aliphatic carbocycles. The van der Waals surface area contributed by atoms with Gasteiger partial charge in [0.2, 0.25) is 0 Å². The predicted molar refractivity (Wildman–Crippen MR) is 106 cm³/mol. The molecular formula is C22H24N2O4. The zero-order chi connectivity index (χ0) is 20.1. The lowest BCUT2D eigenvalue weighted by atomic mass is 10.1. The maximum atomic E-state index is 12.7. The van der Waals surface area contributed by atoms with E-state index in [0.29, 0.717) is 36.4 Å². The maximum Gasteiger partial charge on any atom is 0.261 e. The molecule has 0 fully saturated rings. The van der Waals surface area contributed by atoms with Crippen LogP contribution in [-0.4, -0.2) is 54.3 Å². The van der Waals surface area contributed by atoms with Gasteiger partial charge in [-0.15, -0.1) is 0 Å². The Hall–Kier alpha value is -3.15. The van der Waals surface area contributed by atoms with Crippen molar-refractivity contribution in [2.45, 2.75) is 19.8 Å². The average molecular weight is 380 g/mol. The van der Waals surface area contributed by atoms with E-state index >= 15 is 0 Å². The molecule has 0 bridgehead atoms. The molecule has 0 atom stereocenters. The van der Waals surface area contributed by atoms with E-state index in [1.807, 2.05) is 37.3 Å². The first-order chi connectivity index (χ1) is 13.5. The highest BCUT2D eigenvalue weighted by Gasteiger charge is 2.35. The number of hydrogen-bond donors (Lipinski definition) is 0. The Morgan fingerprint density at radius 2 is 1.75 bits per heavy atom. The van der Waals surface area contributed by atoms with Gasteiger partial charge in [-0.1, -0.05) is 31.5 Å². The van der Waals surface area contributed by atoms with Crippen molar-refractivity contribution in [2.75, 3.05) is 26.7 Å². The summed E-state index contributed by atoms with van der Waals surface area (Å²) in [6, 6.07) is 14.1. The third-order valence-electron chi connectivity index (χ3n) is 4.74. The number of ether oxygens (including phenoxy) is 1. The second-order valence-electron chi connectivity index (χ2n) is 6.76. The molecule has 0 saturated carbocycles. The summed E-state index contributed by atoms with van der Waals surface area (Å²) >= 11 is 0. The number of rotatable bonds is 8. The van der Waals surface area contributed by atoms with E-state index in [2.05, 4.69) is 0 Å². The van der Waals surface area contributed by atoms with Crippen molar-refractivity contribution in [2.24, 2.45) is 0 Å². The molecule has 28 heavy (non-hydrogen) atoms. The molecule has 1 heterocycles. The van der Waals surface area contributed by atoms with Crippen LogP contribution in [0.1, 0.15) is 50.8 Å². The van der Waals surface area contributed by atoms with Crippen LogP contribution in [0.15, 0.2) is 48.5 Å². The van der Waals surface area contributed by atoms with Gasteiger partial charge >= 0.3 is 0 Å². The molecule has 3 amide bonds. The lowest BCUT2D eigenvalue weighted by Gasteiger charge is -2.18. The van der Waals surface area contributed by atoms with Crippen LogP contribution in [0.4, 0.5) is 0 Å². The normalized spacial score (nSPS) is 12.9. The smallest absolute Gasteiger partial charge is 0.261 e. The topological polar surface area (TPSA) is 66.9 Å². The Labute approximate surface area is 164 Å². The summed E-state index contributed by atoms with van der Waals surface area (Å²) in [5, 5.41) is 0. The first-order valence-corrected chi connectivity index (χ1v) is 9.46. The van der Waals surface area contributed by atoms with Gasteiger partial charge in [0.1, 0.15) is 12.4 Å².